The molecule has 0 aliphatic carbocycles. The molecular formula is C22H22ClN5O2. The molecule has 0 radical (unpaired) electrons. The molecule has 3 aromatic rings. The third kappa shape index (κ3) is 4.31. The molecule has 0 bridgehead atoms. The van der Waals surface area contributed by atoms with Crippen LogP contribution in [0.4, 0.5) is 16.3 Å². The Morgan fingerprint density at radius 1 is 0.967 bits per heavy atom. The van der Waals surface area contributed by atoms with E-state index in [2.05, 4.69) is 15.3 Å². The van der Waals surface area contributed by atoms with Gasteiger partial charge in [0.05, 0.1) is 16.4 Å². The topological polar surface area (TPSA) is 70.5 Å². The minimum atomic E-state index is -0.180. The lowest BCUT2D eigenvalue weighted by atomic mass is 10.2. The molecule has 2 amide bonds. The number of aromatic nitrogens is 2. The molecule has 2 heterocycles. The summed E-state index contributed by atoms with van der Waals surface area (Å²) in [7, 11) is 0. The van der Waals surface area contributed by atoms with Gasteiger partial charge in [0.2, 0.25) is 0 Å². The van der Waals surface area contributed by atoms with Gasteiger partial charge in [0.25, 0.3) is 5.56 Å². The average Bonchev–Trinajstić information content (AvgIpc) is 2.76. The maximum atomic E-state index is 12.6. The monoisotopic (exact) mass is 423 g/mol. The van der Waals surface area contributed by atoms with E-state index in [1.807, 2.05) is 43.3 Å². The number of carbonyl (C=O) groups is 1. The fourth-order valence-corrected chi connectivity index (χ4v) is 3.52. The summed E-state index contributed by atoms with van der Waals surface area (Å²) >= 11 is 6.12. The first kappa shape index (κ1) is 20.0. The number of para-hydroxylation sites is 1. The fraction of sp³-hybridized carbons (Fsp3) is 0.227. The van der Waals surface area contributed by atoms with Crippen LogP contribution in [0.5, 0.6) is 0 Å². The van der Waals surface area contributed by atoms with Gasteiger partial charge in [-0.2, -0.15) is 4.68 Å². The standard InChI is InChI=1S/C22H22ClN5O2/c1-16-6-8-17(9-7-16)28-21(29)11-10-20(25-28)26-12-14-27(15-13-26)22(30)24-19-5-3-2-4-18(19)23/h2-11H,12-15H2,1H3,(H,24,30). The predicted molar refractivity (Wildman–Crippen MR) is 119 cm³/mol. The highest BCUT2D eigenvalue weighted by Crippen LogP contribution is 2.21. The number of urea groups is 1. The molecule has 1 aliphatic heterocycles. The largest absolute Gasteiger partial charge is 0.352 e. The first-order valence-corrected chi connectivity index (χ1v) is 10.1. The van der Waals surface area contributed by atoms with Gasteiger partial charge in [0.1, 0.15) is 5.82 Å². The summed E-state index contributed by atoms with van der Waals surface area (Å²) < 4.78 is 1.41. The highest BCUT2D eigenvalue weighted by Gasteiger charge is 2.23. The quantitative estimate of drug-likeness (QED) is 0.699. The van der Waals surface area contributed by atoms with Crippen molar-refractivity contribution in [3.05, 3.63) is 81.6 Å². The van der Waals surface area contributed by atoms with Crippen LogP contribution < -0.4 is 15.8 Å². The van der Waals surface area contributed by atoms with Crippen LogP contribution in [0.2, 0.25) is 5.02 Å². The van der Waals surface area contributed by atoms with E-state index in [1.54, 1.807) is 23.1 Å². The van der Waals surface area contributed by atoms with E-state index in [-0.39, 0.29) is 11.6 Å². The molecular weight excluding hydrogens is 402 g/mol. The normalized spacial score (nSPS) is 13.9. The second kappa shape index (κ2) is 8.59. The van der Waals surface area contributed by atoms with Crippen molar-refractivity contribution >= 4 is 29.1 Å². The van der Waals surface area contributed by atoms with Gasteiger partial charge in [0, 0.05) is 32.2 Å². The molecule has 8 heteroatoms. The fourth-order valence-electron chi connectivity index (χ4n) is 3.34. The Balaban J connectivity index is 1.43. The number of amides is 2. The Morgan fingerprint density at radius 2 is 1.67 bits per heavy atom. The lowest BCUT2D eigenvalue weighted by molar-refractivity contribution is 0.208. The molecule has 4 rings (SSSR count). The zero-order valence-corrected chi connectivity index (χ0v) is 17.3. The number of halogens is 1. The van der Waals surface area contributed by atoms with Crippen molar-refractivity contribution in [2.24, 2.45) is 0 Å². The first-order chi connectivity index (χ1) is 14.5. The van der Waals surface area contributed by atoms with Crippen molar-refractivity contribution in [2.75, 3.05) is 36.4 Å². The van der Waals surface area contributed by atoms with E-state index >= 15 is 0 Å². The number of carbonyl (C=O) groups excluding carboxylic acids is 1. The van der Waals surface area contributed by atoms with Gasteiger partial charge in [-0.1, -0.05) is 41.4 Å². The molecule has 1 fully saturated rings. The third-order valence-corrected chi connectivity index (χ3v) is 5.40. The van der Waals surface area contributed by atoms with Crippen molar-refractivity contribution in [2.45, 2.75) is 6.92 Å². The Bertz CT molecular complexity index is 1110. The molecule has 1 saturated heterocycles. The summed E-state index contributed by atoms with van der Waals surface area (Å²) in [6, 6.07) is 17.9. The second-order valence-electron chi connectivity index (χ2n) is 7.16. The van der Waals surface area contributed by atoms with Crippen LogP contribution in [0.15, 0.2) is 65.5 Å². The predicted octanol–water partition coefficient (Wildman–Crippen LogP) is 3.55. The lowest BCUT2D eigenvalue weighted by Crippen LogP contribution is -2.50. The van der Waals surface area contributed by atoms with E-state index in [9.17, 15) is 9.59 Å². The molecule has 2 aromatic carbocycles. The van der Waals surface area contributed by atoms with Gasteiger partial charge in [-0.15, -0.1) is 5.10 Å². The minimum Gasteiger partial charge on any atom is -0.352 e. The number of hydrogen-bond donors (Lipinski definition) is 1. The maximum Gasteiger partial charge on any atom is 0.322 e. The van der Waals surface area contributed by atoms with Crippen LogP contribution in [0.25, 0.3) is 5.69 Å². The first-order valence-electron chi connectivity index (χ1n) is 9.74. The molecule has 1 aromatic heterocycles. The summed E-state index contributed by atoms with van der Waals surface area (Å²) in [6.45, 7) is 4.32. The number of hydrogen-bond acceptors (Lipinski definition) is 4. The van der Waals surface area contributed by atoms with Crippen molar-refractivity contribution in [3.63, 3.8) is 0 Å². The number of piperazine rings is 1. The Labute approximate surface area is 179 Å². The van der Waals surface area contributed by atoms with Gasteiger partial charge in [0.15, 0.2) is 0 Å². The lowest BCUT2D eigenvalue weighted by Gasteiger charge is -2.35. The molecule has 0 atom stereocenters. The molecule has 0 spiro atoms. The third-order valence-electron chi connectivity index (χ3n) is 5.07. The van der Waals surface area contributed by atoms with E-state index in [0.717, 1.165) is 11.3 Å². The number of nitrogens with zero attached hydrogens (tertiary/aromatic N) is 4. The van der Waals surface area contributed by atoms with Gasteiger partial charge in [-0.3, -0.25) is 4.79 Å². The van der Waals surface area contributed by atoms with Crippen LogP contribution in [0, 0.1) is 6.92 Å². The number of benzene rings is 2. The molecule has 0 unspecified atom stereocenters. The van der Waals surface area contributed by atoms with Crippen LogP contribution in [-0.2, 0) is 0 Å². The highest BCUT2D eigenvalue weighted by molar-refractivity contribution is 6.33. The van der Waals surface area contributed by atoms with Gasteiger partial charge in [-0.25, -0.2) is 4.79 Å². The minimum absolute atomic E-state index is 0.180. The van der Waals surface area contributed by atoms with E-state index in [4.69, 9.17) is 11.6 Å². The summed E-state index contributed by atoms with van der Waals surface area (Å²) in [5.41, 5.74) is 2.26. The van der Waals surface area contributed by atoms with Crippen LogP contribution in [0.3, 0.4) is 0 Å². The number of rotatable bonds is 3. The van der Waals surface area contributed by atoms with E-state index in [0.29, 0.717) is 42.7 Å². The van der Waals surface area contributed by atoms with Crippen molar-refractivity contribution < 1.29 is 4.79 Å². The van der Waals surface area contributed by atoms with Crippen LogP contribution >= 0.6 is 11.6 Å². The van der Waals surface area contributed by atoms with Gasteiger partial charge in [-0.05, 0) is 37.3 Å². The second-order valence-corrected chi connectivity index (χ2v) is 7.57. The summed E-state index contributed by atoms with van der Waals surface area (Å²) in [5, 5.41) is 7.90. The molecule has 154 valence electrons. The molecule has 1 N–H and O–H groups in total. The molecule has 30 heavy (non-hydrogen) atoms. The number of aryl methyl sites for hydroxylation is 1. The molecule has 7 nitrogen and oxygen atoms in total. The smallest absolute Gasteiger partial charge is 0.322 e. The Kier molecular flexibility index (Phi) is 5.72. The maximum absolute atomic E-state index is 12.6. The highest BCUT2D eigenvalue weighted by atomic mass is 35.5. The molecule has 1 aliphatic rings. The van der Waals surface area contributed by atoms with Gasteiger partial charge < -0.3 is 15.1 Å². The summed E-state index contributed by atoms with van der Waals surface area (Å²) in [4.78, 5) is 28.7. The van der Waals surface area contributed by atoms with Gasteiger partial charge >= 0.3 is 6.03 Å². The average molecular weight is 424 g/mol. The number of nitrogens with one attached hydrogen (secondary N) is 1. The summed E-state index contributed by atoms with van der Waals surface area (Å²) in [5.74, 6) is 0.710. The van der Waals surface area contributed by atoms with Crippen molar-refractivity contribution in [1.82, 2.24) is 14.7 Å². The van der Waals surface area contributed by atoms with Crippen molar-refractivity contribution in [1.29, 1.82) is 0 Å². The van der Waals surface area contributed by atoms with E-state index < -0.39 is 0 Å². The zero-order chi connectivity index (χ0) is 21.1. The SMILES string of the molecule is Cc1ccc(-n2nc(N3CCN(C(=O)Nc4ccccc4Cl)CC3)ccc2=O)cc1. The number of anilines is 2. The molecule has 0 saturated carbocycles. The Hall–Kier alpha value is -3.32. The van der Waals surface area contributed by atoms with Crippen molar-refractivity contribution in [3.8, 4) is 5.69 Å². The Morgan fingerprint density at radius 3 is 2.37 bits per heavy atom. The zero-order valence-electron chi connectivity index (χ0n) is 16.6. The van der Waals surface area contributed by atoms with Crippen LogP contribution in [0.1, 0.15) is 5.56 Å². The van der Waals surface area contributed by atoms with Crippen LogP contribution in [-0.4, -0.2) is 46.9 Å². The van der Waals surface area contributed by atoms with E-state index in [1.165, 1.54) is 10.7 Å². The summed E-state index contributed by atoms with van der Waals surface area (Å²) in [6.07, 6.45) is 0.